The normalized spacial score (nSPS) is 12.2. The Labute approximate surface area is 115 Å². The average molecular weight is 255 g/mol. The second-order valence-electron chi connectivity index (χ2n) is 5.01. The van der Waals surface area contributed by atoms with E-state index in [0.29, 0.717) is 0 Å². The Bertz CT molecular complexity index is 532. The number of hydrogen-bond acceptors (Lipinski definition) is 3. The molecule has 100 valence electrons. The molecule has 1 atom stereocenters. The van der Waals surface area contributed by atoms with Gasteiger partial charge in [-0.2, -0.15) is 0 Å². The molecule has 0 aliphatic carbocycles. The molecule has 0 saturated heterocycles. The zero-order valence-corrected chi connectivity index (χ0v) is 11.8. The molecule has 3 nitrogen and oxygen atoms in total. The van der Waals surface area contributed by atoms with Crippen molar-refractivity contribution < 1.29 is 0 Å². The molecule has 3 heteroatoms. The molecule has 0 aliphatic rings. The van der Waals surface area contributed by atoms with Crippen LogP contribution in [0.1, 0.15) is 29.9 Å². The van der Waals surface area contributed by atoms with Crippen molar-refractivity contribution in [3.8, 4) is 0 Å². The summed E-state index contributed by atoms with van der Waals surface area (Å²) in [5, 5.41) is 0. The number of benzene rings is 1. The first-order valence-corrected chi connectivity index (χ1v) is 6.55. The van der Waals surface area contributed by atoms with Crippen LogP contribution in [0, 0.1) is 6.92 Å². The van der Waals surface area contributed by atoms with Crippen LogP contribution >= 0.6 is 0 Å². The molecule has 0 spiro atoms. The Hall–Kier alpha value is -1.87. The molecule has 0 unspecified atom stereocenters. The first-order chi connectivity index (χ1) is 9.06. The van der Waals surface area contributed by atoms with E-state index in [4.69, 9.17) is 5.73 Å². The zero-order valence-electron chi connectivity index (χ0n) is 11.8. The van der Waals surface area contributed by atoms with E-state index in [-0.39, 0.29) is 6.04 Å². The molecule has 1 heterocycles. The number of rotatable bonds is 4. The summed E-state index contributed by atoms with van der Waals surface area (Å²) in [4.78, 5) is 6.71. The molecular weight excluding hydrogens is 234 g/mol. The van der Waals surface area contributed by atoms with E-state index in [9.17, 15) is 0 Å². The fourth-order valence-electron chi connectivity index (χ4n) is 2.05. The van der Waals surface area contributed by atoms with Gasteiger partial charge in [0.25, 0.3) is 0 Å². The van der Waals surface area contributed by atoms with Crippen LogP contribution in [0.4, 0.5) is 5.69 Å². The van der Waals surface area contributed by atoms with Crippen molar-refractivity contribution in [2.24, 2.45) is 5.73 Å². The lowest BCUT2D eigenvalue weighted by Crippen LogP contribution is -2.17. The SMILES string of the molecule is Cc1cccc(CN(C)c2ccc([C@H](C)N)cc2)n1. The molecule has 1 aromatic carbocycles. The maximum Gasteiger partial charge on any atom is 0.0600 e. The third-order valence-corrected chi connectivity index (χ3v) is 3.20. The molecule has 0 saturated carbocycles. The van der Waals surface area contributed by atoms with E-state index in [1.165, 1.54) is 5.69 Å². The maximum atomic E-state index is 5.86. The Kier molecular flexibility index (Phi) is 4.17. The summed E-state index contributed by atoms with van der Waals surface area (Å²) in [6, 6.07) is 14.6. The molecule has 2 rings (SSSR count). The van der Waals surface area contributed by atoms with Crippen LogP contribution in [0.2, 0.25) is 0 Å². The fraction of sp³-hybridized carbons (Fsp3) is 0.312. The first kappa shape index (κ1) is 13.6. The minimum absolute atomic E-state index is 0.0813. The van der Waals surface area contributed by atoms with Crippen molar-refractivity contribution >= 4 is 5.69 Å². The Morgan fingerprint density at radius 3 is 2.42 bits per heavy atom. The molecule has 2 aromatic rings. The van der Waals surface area contributed by atoms with Crippen LogP contribution in [0.5, 0.6) is 0 Å². The third-order valence-electron chi connectivity index (χ3n) is 3.20. The number of nitrogens with two attached hydrogens (primary N) is 1. The first-order valence-electron chi connectivity index (χ1n) is 6.55. The topological polar surface area (TPSA) is 42.1 Å². The summed E-state index contributed by atoms with van der Waals surface area (Å²) in [5.41, 5.74) is 10.3. The van der Waals surface area contributed by atoms with Gasteiger partial charge in [0.1, 0.15) is 0 Å². The summed E-state index contributed by atoms with van der Waals surface area (Å²) in [6.07, 6.45) is 0. The lowest BCUT2D eigenvalue weighted by Gasteiger charge is -2.19. The summed E-state index contributed by atoms with van der Waals surface area (Å²) >= 11 is 0. The summed E-state index contributed by atoms with van der Waals surface area (Å²) in [7, 11) is 2.07. The van der Waals surface area contributed by atoms with Crippen LogP contribution in [0.25, 0.3) is 0 Å². The smallest absolute Gasteiger partial charge is 0.0600 e. The maximum absolute atomic E-state index is 5.86. The van der Waals surface area contributed by atoms with Gasteiger partial charge >= 0.3 is 0 Å². The summed E-state index contributed by atoms with van der Waals surface area (Å²) in [6.45, 7) is 4.82. The molecule has 0 radical (unpaired) electrons. The molecule has 1 aromatic heterocycles. The highest BCUT2D eigenvalue weighted by Crippen LogP contribution is 2.18. The van der Waals surface area contributed by atoms with E-state index >= 15 is 0 Å². The van der Waals surface area contributed by atoms with Crippen molar-refractivity contribution in [2.75, 3.05) is 11.9 Å². The van der Waals surface area contributed by atoms with Gasteiger partial charge in [-0.25, -0.2) is 0 Å². The van der Waals surface area contributed by atoms with Crippen molar-refractivity contribution in [1.82, 2.24) is 4.98 Å². The van der Waals surface area contributed by atoms with Gasteiger partial charge in [0, 0.05) is 24.5 Å². The lowest BCUT2D eigenvalue weighted by atomic mass is 10.1. The number of nitrogens with zero attached hydrogens (tertiary/aromatic N) is 2. The monoisotopic (exact) mass is 255 g/mol. The quantitative estimate of drug-likeness (QED) is 0.913. The summed E-state index contributed by atoms with van der Waals surface area (Å²) in [5.74, 6) is 0. The molecule has 0 bridgehead atoms. The highest BCUT2D eigenvalue weighted by molar-refractivity contribution is 5.47. The largest absolute Gasteiger partial charge is 0.369 e. The van der Waals surface area contributed by atoms with Crippen LogP contribution in [-0.4, -0.2) is 12.0 Å². The van der Waals surface area contributed by atoms with Crippen LogP contribution in [0.15, 0.2) is 42.5 Å². The van der Waals surface area contributed by atoms with Gasteiger partial charge in [-0.05, 0) is 43.7 Å². The number of hydrogen-bond donors (Lipinski definition) is 1. The Morgan fingerprint density at radius 2 is 1.84 bits per heavy atom. The van der Waals surface area contributed by atoms with E-state index < -0.39 is 0 Å². The number of aryl methyl sites for hydroxylation is 1. The van der Waals surface area contributed by atoms with Gasteiger partial charge < -0.3 is 10.6 Å². The summed E-state index contributed by atoms with van der Waals surface area (Å²) < 4.78 is 0. The van der Waals surface area contributed by atoms with E-state index in [2.05, 4.69) is 47.3 Å². The number of pyridine rings is 1. The highest BCUT2D eigenvalue weighted by atomic mass is 15.1. The zero-order chi connectivity index (χ0) is 13.8. The van der Waals surface area contributed by atoms with Gasteiger partial charge in [-0.15, -0.1) is 0 Å². The van der Waals surface area contributed by atoms with Crippen molar-refractivity contribution in [3.63, 3.8) is 0 Å². The molecule has 0 fully saturated rings. The van der Waals surface area contributed by atoms with Crippen LogP contribution in [0.3, 0.4) is 0 Å². The van der Waals surface area contributed by atoms with Crippen LogP contribution in [-0.2, 0) is 6.54 Å². The van der Waals surface area contributed by atoms with E-state index in [1.54, 1.807) is 0 Å². The van der Waals surface area contributed by atoms with Crippen LogP contribution < -0.4 is 10.6 Å². The standard InChI is InChI=1S/C16H21N3/c1-12-5-4-6-15(18-12)11-19(3)16-9-7-14(8-10-16)13(2)17/h4-10,13H,11,17H2,1-3H3/t13-/m0/s1. The minimum Gasteiger partial charge on any atom is -0.369 e. The van der Waals surface area contributed by atoms with Crippen molar-refractivity contribution in [3.05, 3.63) is 59.4 Å². The van der Waals surface area contributed by atoms with Crippen molar-refractivity contribution in [2.45, 2.75) is 26.4 Å². The molecule has 19 heavy (non-hydrogen) atoms. The Balaban J connectivity index is 2.09. The number of anilines is 1. The average Bonchev–Trinajstić information content (AvgIpc) is 2.39. The highest BCUT2D eigenvalue weighted by Gasteiger charge is 2.05. The van der Waals surface area contributed by atoms with Gasteiger partial charge in [0.2, 0.25) is 0 Å². The van der Waals surface area contributed by atoms with Crippen molar-refractivity contribution in [1.29, 1.82) is 0 Å². The number of aromatic nitrogens is 1. The molecule has 2 N–H and O–H groups in total. The second kappa shape index (κ2) is 5.85. The molecule has 0 amide bonds. The molecule has 0 aliphatic heterocycles. The second-order valence-corrected chi connectivity index (χ2v) is 5.01. The van der Waals surface area contributed by atoms with Gasteiger partial charge in [-0.3, -0.25) is 4.98 Å². The third kappa shape index (κ3) is 3.55. The van der Waals surface area contributed by atoms with Gasteiger partial charge in [0.15, 0.2) is 0 Å². The van der Waals surface area contributed by atoms with E-state index in [0.717, 1.165) is 23.5 Å². The fourth-order valence-corrected chi connectivity index (χ4v) is 2.05. The van der Waals surface area contributed by atoms with E-state index in [1.807, 2.05) is 26.0 Å². The minimum atomic E-state index is 0.0813. The predicted octanol–water partition coefficient (Wildman–Crippen LogP) is 3.05. The molecular formula is C16H21N3. The van der Waals surface area contributed by atoms with Gasteiger partial charge in [-0.1, -0.05) is 18.2 Å². The van der Waals surface area contributed by atoms with Gasteiger partial charge in [0.05, 0.1) is 12.2 Å². The lowest BCUT2D eigenvalue weighted by molar-refractivity contribution is 0.816. The Morgan fingerprint density at radius 1 is 1.16 bits per heavy atom. The predicted molar refractivity (Wildman–Crippen MR) is 80.1 cm³/mol.